The van der Waals surface area contributed by atoms with Gasteiger partial charge in [0.1, 0.15) is 5.69 Å². The number of thiocarbonyl (C=S) groups is 1. The van der Waals surface area contributed by atoms with E-state index in [1.807, 2.05) is 0 Å². The van der Waals surface area contributed by atoms with E-state index in [1.54, 1.807) is 36.4 Å². The summed E-state index contributed by atoms with van der Waals surface area (Å²) in [6, 6.07) is 11.1. The van der Waals surface area contributed by atoms with Gasteiger partial charge in [0, 0.05) is 16.7 Å². The van der Waals surface area contributed by atoms with Gasteiger partial charge in [0.05, 0.1) is 16.2 Å². The molecule has 0 amide bonds. The number of hydrazone groups is 1. The second kappa shape index (κ2) is 7.87. The lowest BCUT2D eigenvalue weighted by atomic mass is 10.2. The van der Waals surface area contributed by atoms with Gasteiger partial charge >= 0.3 is 0 Å². The summed E-state index contributed by atoms with van der Waals surface area (Å²) >= 11 is 16.8. The second-order valence-corrected chi connectivity index (χ2v) is 5.52. The van der Waals surface area contributed by atoms with Crippen molar-refractivity contribution in [1.82, 2.24) is 5.43 Å². The molecule has 0 atom stereocenters. The molecule has 0 aliphatic heterocycles. The van der Waals surface area contributed by atoms with Crippen LogP contribution in [-0.4, -0.2) is 16.3 Å². The molecular formula is C14H10Cl2N4O2S. The van der Waals surface area contributed by atoms with Crippen LogP contribution in [0.1, 0.15) is 5.56 Å². The Kier molecular flexibility index (Phi) is 5.86. The number of nitrogens with one attached hydrogen (secondary N) is 2. The highest BCUT2D eigenvalue weighted by Crippen LogP contribution is 2.23. The van der Waals surface area contributed by atoms with Crippen LogP contribution in [-0.2, 0) is 0 Å². The number of nitro groups is 1. The maximum atomic E-state index is 10.9. The van der Waals surface area contributed by atoms with Gasteiger partial charge in [0.2, 0.25) is 0 Å². The molecule has 0 heterocycles. The van der Waals surface area contributed by atoms with Crippen molar-refractivity contribution in [3.63, 3.8) is 0 Å². The first-order valence-electron chi connectivity index (χ1n) is 6.26. The van der Waals surface area contributed by atoms with Crippen molar-refractivity contribution in [2.45, 2.75) is 0 Å². The predicted molar refractivity (Wildman–Crippen MR) is 96.5 cm³/mol. The summed E-state index contributed by atoms with van der Waals surface area (Å²) < 4.78 is 0. The van der Waals surface area contributed by atoms with Crippen molar-refractivity contribution in [3.8, 4) is 0 Å². The van der Waals surface area contributed by atoms with Gasteiger partial charge in [0.15, 0.2) is 5.11 Å². The summed E-state index contributed by atoms with van der Waals surface area (Å²) in [5, 5.41) is 18.6. The van der Waals surface area contributed by atoms with Gasteiger partial charge in [-0.25, -0.2) is 0 Å². The van der Waals surface area contributed by atoms with E-state index in [9.17, 15) is 10.1 Å². The lowest BCUT2D eigenvalue weighted by molar-refractivity contribution is -0.383. The van der Waals surface area contributed by atoms with Crippen LogP contribution in [0.2, 0.25) is 10.0 Å². The number of para-hydroxylation sites is 2. The Morgan fingerprint density at radius 2 is 2.00 bits per heavy atom. The maximum Gasteiger partial charge on any atom is 0.292 e. The molecule has 2 N–H and O–H groups in total. The molecule has 2 aromatic carbocycles. The SMILES string of the molecule is O=[N+]([O-])c1ccccc1NC(=S)N/N=C\c1ccc(Cl)cc1Cl. The molecule has 2 aromatic rings. The molecule has 9 heteroatoms. The molecule has 118 valence electrons. The summed E-state index contributed by atoms with van der Waals surface area (Å²) in [5.74, 6) is 0. The van der Waals surface area contributed by atoms with Gasteiger partial charge < -0.3 is 5.32 Å². The topological polar surface area (TPSA) is 79.6 Å². The van der Waals surface area contributed by atoms with E-state index in [-0.39, 0.29) is 16.5 Å². The highest BCUT2D eigenvalue weighted by molar-refractivity contribution is 7.80. The van der Waals surface area contributed by atoms with Crippen molar-refractivity contribution in [1.29, 1.82) is 0 Å². The number of hydrogen-bond acceptors (Lipinski definition) is 4. The van der Waals surface area contributed by atoms with Gasteiger partial charge in [0.25, 0.3) is 5.69 Å². The number of hydrogen-bond donors (Lipinski definition) is 2. The number of benzene rings is 2. The normalized spacial score (nSPS) is 10.5. The largest absolute Gasteiger partial charge is 0.326 e. The molecule has 2 rings (SSSR count). The lowest BCUT2D eigenvalue weighted by Gasteiger charge is -2.07. The van der Waals surface area contributed by atoms with Gasteiger partial charge in [-0.2, -0.15) is 5.10 Å². The van der Waals surface area contributed by atoms with E-state index in [1.165, 1.54) is 12.3 Å². The van der Waals surface area contributed by atoms with Crippen LogP contribution in [0.4, 0.5) is 11.4 Å². The maximum absolute atomic E-state index is 10.9. The highest BCUT2D eigenvalue weighted by atomic mass is 35.5. The molecule has 0 saturated heterocycles. The predicted octanol–water partition coefficient (Wildman–Crippen LogP) is 4.22. The monoisotopic (exact) mass is 368 g/mol. The molecule has 0 fully saturated rings. The summed E-state index contributed by atoms with van der Waals surface area (Å²) in [4.78, 5) is 10.4. The molecule has 0 spiro atoms. The number of halogens is 2. The van der Waals surface area contributed by atoms with Gasteiger partial charge in [-0.1, -0.05) is 41.4 Å². The van der Waals surface area contributed by atoms with E-state index >= 15 is 0 Å². The third kappa shape index (κ3) is 4.88. The molecular weight excluding hydrogens is 359 g/mol. The van der Waals surface area contributed by atoms with Crippen molar-refractivity contribution in [2.75, 3.05) is 5.32 Å². The molecule has 0 aliphatic carbocycles. The number of rotatable bonds is 4. The Bertz CT molecular complexity index is 783. The van der Waals surface area contributed by atoms with Gasteiger partial charge in [-0.15, -0.1) is 0 Å². The van der Waals surface area contributed by atoms with E-state index in [0.717, 1.165) is 0 Å². The molecule has 0 bridgehead atoms. The highest BCUT2D eigenvalue weighted by Gasteiger charge is 2.12. The minimum absolute atomic E-state index is 0.0821. The summed E-state index contributed by atoms with van der Waals surface area (Å²) in [5.41, 5.74) is 3.40. The van der Waals surface area contributed by atoms with Crippen molar-refractivity contribution >= 4 is 58.1 Å². The first-order chi connectivity index (χ1) is 11.0. The average Bonchev–Trinajstić information content (AvgIpc) is 2.50. The Balaban J connectivity index is 2.00. The van der Waals surface area contributed by atoms with Crippen LogP contribution in [0, 0.1) is 10.1 Å². The number of nitrogens with zero attached hydrogens (tertiary/aromatic N) is 2. The van der Waals surface area contributed by atoms with Gasteiger partial charge in [-0.3, -0.25) is 15.5 Å². The molecule has 6 nitrogen and oxygen atoms in total. The van der Waals surface area contributed by atoms with E-state index < -0.39 is 4.92 Å². The number of nitro benzene ring substituents is 1. The fourth-order valence-electron chi connectivity index (χ4n) is 1.66. The van der Waals surface area contributed by atoms with Crippen LogP contribution in [0.5, 0.6) is 0 Å². The molecule has 0 saturated carbocycles. The third-order valence-corrected chi connectivity index (χ3v) is 3.44. The first-order valence-corrected chi connectivity index (χ1v) is 7.42. The Morgan fingerprint density at radius 1 is 1.26 bits per heavy atom. The minimum atomic E-state index is -0.498. The van der Waals surface area contributed by atoms with Crippen LogP contribution in [0.3, 0.4) is 0 Å². The zero-order valence-corrected chi connectivity index (χ0v) is 13.8. The zero-order chi connectivity index (χ0) is 16.8. The fraction of sp³-hybridized carbons (Fsp3) is 0. The molecule has 0 radical (unpaired) electrons. The Hall–Kier alpha value is -2.22. The summed E-state index contributed by atoms with van der Waals surface area (Å²) in [7, 11) is 0. The van der Waals surface area contributed by atoms with Crippen LogP contribution >= 0.6 is 35.4 Å². The van der Waals surface area contributed by atoms with E-state index in [2.05, 4.69) is 15.8 Å². The zero-order valence-electron chi connectivity index (χ0n) is 11.5. The van der Waals surface area contributed by atoms with Crippen molar-refractivity contribution in [3.05, 3.63) is 68.2 Å². The van der Waals surface area contributed by atoms with Gasteiger partial charge in [-0.05, 0) is 30.4 Å². The molecule has 23 heavy (non-hydrogen) atoms. The van der Waals surface area contributed by atoms with Crippen molar-refractivity contribution < 1.29 is 4.92 Å². The average molecular weight is 369 g/mol. The standard InChI is InChI=1S/C14H10Cl2N4O2S/c15-10-6-5-9(11(16)7-10)8-17-19-14(23)18-12-3-1-2-4-13(12)20(21)22/h1-8H,(H2,18,19,23)/b17-8-. The molecule has 0 aliphatic rings. The van der Waals surface area contributed by atoms with E-state index in [0.29, 0.717) is 15.6 Å². The smallest absolute Gasteiger partial charge is 0.292 e. The first kappa shape index (κ1) is 17.1. The van der Waals surface area contributed by atoms with Crippen LogP contribution in [0.25, 0.3) is 0 Å². The van der Waals surface area contributed by atoms with Crippen LogP contribution < -0.4 is 10.7 Å². The second-order valence-electron chi connectivity index (χ2n) is 4.26. The van der Waals surface area contributed by atoms with Crippen molar-refractivity contribution in [2.24, 2.45) is 5.10 Å². The summed E-state index contributed by atoms with van der Waals surface area (Å²) in [6.45, 7) is 0. The Morgan fingerprint density at radius 3 is 2.70 bits per heavy atom. The Labute approximate surface area is 147 Å². The third-order valence-electron chi connectivity index (χ3n) is 2.68. The minimum Gasteiger partial charge on any atom is -0.326 e. The molecule has 0 aromatic heterocycles. The summed E-state index contributed by atoms with van der Waals surface area (Å²) in [6.07, 6.45) is 1.46. The fourth-order valence-corrected chi connectivity index (χ4v) is 2.28. The van der Waals surface area contributed by atoms with Crippen LogP contribution in [0.15, 0.2) is 47.6 Å². The lowest BCUT2D eigenvalue weighted by Crippen LogP contribution is -2.24. The van der Waals surface area contributed by atoms with E-state index in [4.69, 9.17) is 35.4 Å². The quantitative estimate of drug-likeness (QED) is 0.365. The number of anilines is 1. The molecule has 0 unspecified atom stereocenters.